The minimum atomic E-state index is -0.120. The Balaban J connectivity index is 1.62. The molecule has 1 aliphatic rings. The number of nitrogens with zero attached hydrogens (tertiary/aromatic N) is 4. The predicted octanol–water partition coefficient (Wildman–Crippen LogP) is 5.75. The molecule has 4 aromatic rings. The Kier molecular flexibility index (Phi) is 5.83. The molecule has 160 valence electrons. The molecule has 0 unspecified atom stereocenters. The second-order valence-electron chi connectivity index (χ2n) is 7.51. The fourth-order valence-corrected chi connectivity index (χ4v) is 4.92. The van der Waals surface area contributed by atoms with Gasteiger partial charge in [-0.2, -0.15) is 0 Å². The lowest BCUT2D eigenvalue weighted by Crippen LogP contribution is -2.30. The number of rotatable bonds is 5. The number of aromatic nitrogens is 3. The number of pyridine rings is 2. The number of nitrogens with one attached hydrogen (secondary N) is 1. The summed E-state index contributed by atoms with van der Waals surface area (Å²) in [5.41, 5.74) is 3.95. The molecule has 1 aliphatic heterocycles. The van der Waals surface area contributed by atoms with Crippen LogP contribution in [-0.2, 0) is 6.54 Å². The summed E-state index contributed by atoms with van der Waals surface area (Å²) in [5, 5.41) is 5.35. The zero-order valence-electron chi connectivity index (χ0n) is 16.9. The van der Waals surface area contributed by atoms with E-state index in [0.717, 1.165) is 22.6 Å². The highest BCUT2D eigenvalue weighted by molar-refractivity contribution is 7.80. The fraction of sp³-hybridized carbons (Fsp3) is 0.125. The van der Waals surface area contributed by atoms with Crippen molar-refractivity contribution in [1.82, 2.24) is 24.8 Å². The molecule has 1 N–H and O–H groups in total. The van der Waals surface area contributed by atoms with Crippen molar-refractivity contribution in [2.45, 2.75) is 18.6 Å². The zero-order chi connectivity index (χ0) is 22.1. The van der Waals surface area contributed by atoms with E-state index in [9.17, 15) is 0 Å². The molecule has 0 amide bonds. The highest BCUT2D eigenvalue weighted by atomic mass is 35.5. The predicted molar refractivity (Wildman–Crippen MR) is 131 cm³/mol. The largest absolute Gasteiger partial charge is 0.352 e. The van der Waals surface area contributed by atoms with Gasteiger partial charge in [0.1, 0.15) is 0 Å². The van der Waals surface area contributed by atoms with E-state index in [1.165, 1.54) is 0 Å². The minimum Gasteiger partial charge on any atom is -0.352 e. The Morgan fingerprint density at radius 2 is 1.81 bits per heavy atom. The molecule has 5 rings (SSSR count). The highest BCUT2D eigenvalue weighted by Crippen LogP contribution is 2.41. The minimum absolute atomic E-state index is 0.104. The Morgan fingerprint density at radius 1 is 0.969 bits per heavy atom. The number of halogens is 2. The summed E-state index contributed by atoms with van der Waals surface area (Å²) in [6.07, 6.45) is 7.40. The number of hydrogen-bond acceptors (Lipinski definition) is 3. The molecule has 4 heterocycles. The summed E-state index contributed by atoms with van der Waals surface area (Å²) >= 11 is 18.5. The third-order valence-electron chi connectivity index (χ3n) is 5.55. The monoisotopic (exact) mass is 479 g/mol. The molecule has 0 aliphatic carbocycles. The van der Waals surface area contributed by atoms with Crippen molar-refractivity contribution >= 4 is 40.5 Å². The first-order valence-electron chi connectivity index (χ1n) is 10.1. The topological polar surface area (TPSA) is 46.0 Å². The average molecular weight is 480 g/mol. The van der Waals surface area contributed by atoms with Crippen LogP contribution in [0.4, 0.5) is 0 Å². The Morgan fingerprint density at radius 3 is 2.56 bits per heavy atom. The van der Waals surface area contributed by atoms with Crippen LogP contribution in [0.5, 0.6) is 0 Å². The molecule has 8 heteroatoms. The summed E-state index contributed by atoms with van der Waals surface area (Å²) in [5.74, 6) is 0. The quantitative estimate of drug-likeness (QED) is 0.369. The average Bonchev–Trinajstić information content (AvgIpc) is 3.40. The van der Waals surface area contributed by atoms with Crippen LogP contribution >= 0.6 is 35.4 Å². The highest BCUT2D eigenvalue weighted by Gasteiger charge is 2.41. The van der Waals surface area contributed by atoms with Gasteiger partial charge in [-0.15, -0.1) is 0 Å². The van der Waals surface area contributed by atoms with E-state index >= 15 is 0 Å². The van der Waals surface area contributed by atoms with E-state index in [2.05, 4.69) is 30.8 Å². The maximum absolute atomic E-state index is 6.57. The summed E-state index contributed by atoms with van der Waals surface area (Å²) < 4.78 is 2.09. The van der Waals surface area contributed by atoms with Crippen LogP contribution in [-0.4, -0.2) is 24.5 Å². The Bertz CT molecular complexity index is 1250. The molecule has 1 aromatic carbocycles. The number of hydrogen-bond donors (Lipinski definition) is 1. The van der Waals surface area contributed by atoms with Crippen molar-refractivity contribution in [2.75, 3.05) is 0 Å². The lowest BCUT2D eigenvalue weighted by Gasteiger charge is -2.29. The molecule has 0 spiro atoms. The van der Waals surface area contributed by atoms with E-state index in [0.29, 0.717) is 21.7 Å². The molecule has 0 radical (unpaired) electrons. The Labute approximate surface area is 201 Å². The van der Waals surface area contributed by atoms with Gasteiger partial charge in [0, 0.05) is 42.0 Å². The van der Waals surface area contributed by atoms with Gasteiger partial charge in [-0.25, -0.2) is 0 Å². The smallest absolute Gasteiger partial charge is 0.170 e. The van der Waals surface area contributed by atoms with Crippen LogP contribution in [0.25, 0.3) is 5.69 Å². The summed E-state index contributed by atoms with van der Waals surface area (Å²) in [6, 6.07) is 19.3. The molecule has 0 bridgehead atoms. The van der Waals surface area contributed by atoms with E-state index < -0.39 is 0 Å². The van der Waals surface area contributed by atoms with Crippen molar-refractivity contribution in [1.29, 1.82) is 0 Å². The van der Waals surface area contributed by atoms with Crippen LogP contribution in [0.1, 0.15) is 29.0 Å². The van der Waals surface area contributed by atoms with Crippen LogP contribution in [0.15, 0.2) is 85.5 Å². The van der Waals surface area contributed by atoms with Crippen LogP contribution in [0.2, 0.25) is 10.0 Å². The van der Waals surface area contributed by atoms with Crippen molar-refractivity contribution in [3.63, 3.8) is 0 Å². The van der Waals surface area contributed by atoms with Gasteiger partial charge in [0.05, 0.1) is 28.5 Å². The third kappa shape index (κ3) is 3.97. The maximum Gasteiger partial charge on any atom is 0.170 e. The van der Waals surface area contributed by atoms with Gasteiger partial charge >= 0.3 is 0 Å². The molecule has 2 atom stereocenters. The van der Waals surface area contributed by atoms with Gasteiger partial charge in [-0.05, 0) is 72.4 Å². The van der Waals surface area contributed by atoms with Crippen LogP contribution in [0, 0.1) is 0 Å². The zero-order valence-corrected chi connectivity index (χ0v) is 19.2. The standard InChI is InChI=1S/C24H19Cl2N5S/c25-17-6-7-20(18(26)14-17)30-13-3-5-21(30)23-22(19-4-1-2-10-28-19)29-24(32)31(23)15-16-8-11-27-12-9-16/h1-14,22-23H,15H2,(H,29,32)/t22-,23+/m0/s1. The van der Waals surface area contributed by atoms with E-state index in [1.54, 1.807) is 24.7 Å². The van der Waals surface area contributed by atoms with Gasteiger partial charge in [-0.1, -0.05) is 29.3 Å². The molecule has 5 nitrogen and oxygen atoms in total. The fourth-order valence-electron chi connectivity index (χ4n) is 4.11. The molecule has 1 saturated heterocycles. The van der Waals surface area contributed by atoms with Gasteiger partial charge in [0.2, 0.25) is 0 Å². The van der Waals surface area contributed by atoms with Gasteiger partial charge < -0.3 is 14.8 Å². The van der Waals surface area contributed by atoms with Crippen molar-refractivity contribution in [2.24, 2.45) is 0 Å². The molecular weight excluding hydrogens is 461 g/mol. The SMILES string of the molecule is S=C1N[C@@H](c2ccccn2)[C@@H](c2cccn2-c2ccc(Cl)cc2Cl)N1Cc1ccncc1. The lowest BCUT2D eigenvalue weighted by atomic mass is 10.0. The molecule has 1 fully saturated rings. The van der Waals surface area contributed by atoms with Gasteiger partial charge in [0.15, 0.2) is 5.11 Å². The lowest BCUT2D eigenvalue weighted by molar-refractivity contribution is 0.302. The van der Waals surface area contributed by atoms with Crippen molar-refractivity contribution in [3.8, 4) is 5.69 Å². The second kappa shape index (κ2) is 8.90. The summed E-state index contributed by atoms with van der Waals surface area (Å²) in [7, 11) is 0. The van der Waals surface area contributed by atoms with E-state index in [4.69, 9.17) is 35.4 Å². The van der Waals surface area contributed by atoms with Crippen molar-refractivity contribution < 1.29 is 0 Å². The van der Waals surface area contributed by atoms with Crippen LogP contribution < -0.4 is 5.32 Å². The number of benzene rings is 1. The third-order valence-corrected chi connectivity index (χ3v) is 6.44. The van der Waals surface area contributed by atoms with Gasteiger partial charge in [0.25, 0.3) is 0 Å². The van der Waals surface area contributed by atoms with Crippen molar-refractivity contribution in [3.05, 3.63) is 112 Å². The molecule has 32 heavy (non-hydrogen) atoms. The first-order valence-corrected chi connectivity index (χ1v) is 11.3. The van der Waals surface area contributed by atoms with E-state index in [1.807, 2.05) is 54.7 Å². The summed E-state index contributed by atoms with van der Waals surface area (Å²) in [6.45, 7) is 0.641. The number of thiocarbonyl (C=S) groups is 1. The maximum atomic E-state index is 6.57. The summed E-state index contributed by atoms with van der Waals surface area (Å²) in [4.78, 5) is 10.9. The normalized spacial score (nSPS) is 18.1. The molecular formula is C24H19Cl2N5S. The van der Waals surface area contributed by atoms with E-state index in [-0.39, 0.29) is 12.1 Å². The molecule has 0 saturated carbocycles. The molecule has 3 aromatic heterocycles. The Hall–Kier alpha value is -2.93. The first-order chi connectivity index (χ1) is 15.6. The second-order valence-corrected chi connectivity index (χ2v) is 8.74. The van der Waals surface area contributed by atoms with Crippen LogP contribution in [0.3, 0.4) is 0 Å². The first kappa shape index (κ1) is 20.9. The van der Waals surface area contributed by atoms with Gasteiger partial charge in [-0.3, -0.25) is 9.97 Å².